The second kappa shape index (κ2) is 6.61. The number of rotatable bonds is 5. The van der Waals surface area contributed by atoms with Crippen molar-refractivity contribution in [3.05, 3.63) is 29.6 Å². The van der Waals surface area contributed by atoms with E-state index in [1.54, 1.807) is 6.07 Å². The minimum atomic E-state index is -0.628. The summed E-state index contributed by atoms with van der Waals surface area (Å²) in [6, 6.07) is 5.88. The highest BCUT2D eigenvalue weighted by molar-refractivity contribution is 5.92. The summed E-state index contributed by atoms with van der Waals surface area (Å²) in [4.78, 5) is 11.5. The predicted octanol–water partition coefficient (Wildman–Crippen LogP) is 1.64. The molecule has 0 aliphatic rings. The molecule has 0 saturated carbocycles. The minimum Gasteiger partial charge on any atom is -0.325 e. The van der Waals surface area contributed by atoms with Crippen molar-refractivity contribution in [2.24, 2.45) is 0 Å². The molecule has 0 aliphatic heterocycles. The fourth-order valence-electron chi connectivity index (χ4n) is 1.33. The lowest BCUT2D eigenvalue weighted by molar-refractivity contribution is -0.116. The third-order valence-corrected chi connectivity index (χ3v) is 2.18. The lowest BCUT2D eigenvalue weighted by Gasteiger charge is -2.07. The van der Waals surface area contributed by atoms with Gasteiger partial charge in [0, 0.05) is 13.0 Å². The number of hydrogen-bond acceptors (Lipinski definition) is 3. The summed E-state index contributed by atoms with van der Waals surface area (Å²) < 4.78 is 13.2. The first-order valence-electron chi connectivity index (χ1n) is 5.38. The first kappa shape index (κ1) is 13.1. The molecule has 0 spiro atoms. The first-order chi connectivity index (χ1) is 8.19. The second-order valence-corrected chi connectivity index (χ2v) is 3.43. The van der Waals surface area contributed by atoms with Crippen molar-refractivity contribution < 1.29 is 9.18 Å². The normalized spacial score (nSPS) is 9.71. The molecule has 1 amide bonds. The number of benzene rings is 1. The Morgan fingerprint density at radius 3 is 2.94 bits per heavy atom. The number of carbonyl (C=O) groups excluding carboxylic acids is 1. The standard InChI is InChI=1S/C12H14FN3O/c1-2-15-7-6-12(17)16-11-5-3-4-10(13)9(11)8-14/h3-5,15H,2,6-7H2,1H3,(H,16,17). The minimum absolute atomic E-state index is 0.135. The zero-order valence-electron chi connectivity index (χ0n) is 9.59. The van der Waals surface area contributed by atoms with Gasteiger partial charge >= 0.3 is 0 Å². The van der Waals surface area contributed by atoms with E-state index in [1.807, 2.05) is 6.92 Å². The van der Waals surface area contributed by atoms with Crippen LogP contribution in [0.25, 0.3) is 0 Å². The summed E-state index contributed by atoms with van der Waals surface area (Å²) in [6.07, 6.45) is 0.287. The van der Waals surface area contributed by atoms with Gasteiger partial charge < -0.3 is 10.6 Å². The Balaban J connectivity index is 2.66. The maximum Gasteiger partial charge on any atom is 0.225 e. The van der Waals surface area contributed by atoms with Crippen LogP contribution in [0.4, 0.5) is 10.1 Å². The SMILES string of the molecule is CCNCCC(=O)Nc1cccc(F)c1C#N. The molecule has 0 aromatic heterocycles. The number of halogens is 1. The van der Waals surface area contributed by atoms with Crippen molar-refractivity contribution in [2.45, 2.75) is 13.3 Å². The summed E-state index contributed by atoms with van der Waals surface area (Å²) in [7, 11) is 0. The molecule has 0 aliphatic carbocycles. The average molecular weight is 235 g/mol. The number of nitriles is 1. The van der Waals surface area contributed by atoms with Crippen LogP contribution in [0.3, 0.4) is 0 Å². The van der Waals surface area contributed by atoms with Crippen LogP contribution in [-0.2, 0) is 4.79 Å². The molecular formula is C12H14FN3O. The number of hydrogen-bond donors (Lipinski definition) is 2. The highest BCUT2D eigenvalue weighted by Gasteiger charge is 2.10. The largest absolute Gasteiger partial charge is 0.325 e. The zero-order valence-corrected chi connectivity index (χ0v) is 9.59. The molecule has 1 aromatic carbocycles. The monoisotopic (exact) mass is 235 g/mol. The summed E-state index contributed by atoms with van der Waals surface area (Å²) in [6.45, 7) is 3.29. The van der Waals surface area contributed by atoms with E-state index in [2.05, 4.69) is 10.6 Å². The van der Waals surface area contributed by atoms with Crippen LogP contribution >= 0.6 is 0 Å². The number of anilines is 1. The maximum atomic E-state index is 13.2. The third-order valence-electron chi connectivity index (χ3n) is 2.18. The fraction of sp³-hybridized carbons (Fsp3) is 0.333. The number of carbonyl (C=O) groups is 1. The van der Waals surface area contributed by atoms with Crippen LogP contribution in [0.1, 0.15) is 18.9 Å². The van der Waals surface area contributed by atoms with Gasteiger partial charge in [-0.2, -0.15) is 5.26 Å². The molecule has 0 saturated heterocycles. The van der Waals surface area contributed by atoms with E-state index in [0.29, 0.717) is 6.54 Å². The van der Waals surface area contributed by atoms with E-state index in [-0.39, 0.29) is 23.6 Å². The Morgan fingerprint density at radius 1 is 1.53 bits per heavy atom. The molecule has 0 unspecified atom stereocenters. The molecule has 0 atom stereocenters. The quantitative estimate of drug-likeness (QED) is 0.762. The molecule has 0 heterocycles. The van der Waals surface area contributed by atoms with E-state index >= 15 is 0 Å². The van der Waals surface area contributed by atoms with Crippen LogP contribution in [0.5, 0.6) is 0 Å². The van der Waals surface area contributed by atoms with Gasteiger partial charge in [-0.15, -0.1) is 0 Å². The molecule has 5 heteroatoms. The van der Waals surface area contributed by atoms with Crippen molar-refractivity contribution in [2.75, 3.05) is 18.4 Å². The fourth-order valence-corrected chi connectivity index (χ4v) is 1.33. The Labute approximate surface area is 99.4 Å². The van der Waals surface area contributed by atoms with Gasteiger partial charge in [-0.3, -0.25) is 4.79 Å². The lowest BCUT2D eigenvalue weighted by Crippen LogP contribution is -2.21. The molecular weight excluding hydrogens is 221 g/mol. The van der Waals surface area contributed by atoms with E-state index in [1.165, 1.54) is 18.2 Å². The van der Waals surface area contributed by atoms with Crippen molar-refractivity contribution in [3.63, 3.8) is 0 Å². The summed E-state index contributed by atoms with van der Waals surface area (Å²) >= 11 is 0. The molecule has 1 aromatic rings. The van der Waals surface area contributed by atoms with E-state index < -0.39 is 5.82 Å². The smallest absolute Gasteiger partial charge is 0.225 e. The Hall–Kier alpha value is -1.93. The summed E-state index contributed by atoms with van der Waals surface area (Å²) in [5.41, 5.74) is 0.0818. The lowest BCUT2D eigenvalue weighted by atomic mass is 10.2. The van der Waals surface area contributed by atoms with Gasteiger partial charge in [-0.1, -0.05) is 13.0 Å². The molecule has 4 nitrogen and oxygen atoms in total. The molecule has 0 bridgehead atoms. The zero-order chi connectivity index (χ0) is 12.7. The van der Waals surface area contributed by atoms with Crippen LogP contribution in [-0.4, -0.2) is 19.0 Å². The number of amides is 1. The second-order valence-electron chi connectivity index (χ2n) is 3.43. The maximum absolute atomic E-state index is 13.2. The number of nitrogens with zero attached hydrogens (tertiary/aromatic N) is 1. The van der Waals surface area contributed by atoms with Gasteiger partial charge in [-0.05, 0) is 18.7 Å². The van der Waals surface area contributed by atoms with Crippen LogP contribution in [0.2, 0.25) is 0 Å². The molecule has 2 N–H and O–H groups in total. The van der Waals surface area contributed by atoms with E-state index in [4.69, 9.17) is 5.26 Å². The van der Waals surface area contributed by atoms with E-state index in [9.17, 15) is 9.18 Å². The van der Waals surface area contributed by atoms with Crippen molar-refractivity contribution in [1.82, 2.24) is 5.32 Å². The molecule has 90 valence electrons. The predicted molar refractivity (Wildman–Crippen MR) is 62.9 cm³/mol. The van der Waals surface area contributed by atoms with Gasteiger partial charge in [0.1, 0.15) is 17.4 Å². The highest BCUT2D eigenvalue weighted by atomic mass is 19.1. The van der Waals surface area contributed by atoms with E-state index in [0.717, 1.165) is 6.54 Å². The van der Waals surface area contributed by atoms with Gasteiger partial charge in [0.25, 0.3) is 0 Å². The molecule has 0 fully saturated rings. The van der Waals surface area contributed by atoms with Gasteiger partial charge in [0.15, 0.2) is 0 Å². The Bertz CT molecular complexity index is 440. The summed E-state index contributed by atoms with van der Waals surface area (Å²) in [5.74, 6) is -0.870. The topological polar surface area (TPSA) is 64.9 Å². The van der Waals surface area contributed by atoms with Gasteiger partial charge in [0.05, 0.1) is 5.69 Å². The Morgan fingerprint density at radius 2 is 2.29 bits per heavy atom. The third kappa shape index (κ3) is 3.85. The van der Waals surface area contributed by atoms with Crippen LogP contribution < -0.4 is 10.6 Å². The van der Waals surface area contributed by atoms with Crippen molar-refractivity contribution >= 4 is 11.6 Å². The first-order valence-corrected chi connectivity index (χ1v) is 5.38. The summed E-state index contributed by atoms with van der Waals surface area (Å²) in [5, 5.41) is 14.3. The molecule has 17 heavy (non-hydrogen) atoms. The Kier molecular flexibility index (Phi) is 5.11. The van der Waals surface area contributed by atoms with Crippen molar-refractivity contribution in [1.29, 1.82) is 5.26 Å². The molecule has 1 rings (SSSR count). The van der Waals surface area contributed by atoms with Crippen LogP contribution in [0, 0.1) is 17.1 Å². The van der Waals surface area contributed by atoms with Gasteiger partial charge in [-0.25, -0.2) is 4.39 Å². The number of nitrogens with one attached hydrogen (secondary N) is 2. The van der Waals surface area contributed by atoms with Gasteiger partial charge in [0.2, 0.25) is 5.91 Å². The average Bonchev–Trinajstić information content (AvgIpc) is 2.29. The molecule has 0 radical (unpaired) electrons. The highest BCUT2D eigenvalue weighted by Crippen LogP contribution is 2.17. The van der Waals surface area contributed by atoms with Crippen LogP contribution in [0.15, 0.2) is 18.2 Å². The van der Waals surface area contributed by atoms with Crippen molar-refractivity contribution in [3.8, 4) is 6.07 Å².